The number of aliphatic hydroxyl groups excluding tert-OH is 2. The molecule has 1 saturated heterocycles. The first-order valence-corrected chi connectivity index (χ1v) is 12.6. The maximum atomic E-state index is 11.9. The van der Waals surface area contributed by atoms with E-state index in [2.05, 4.69) is 6.92 Å². The largest absolute Gasteiger partial charge is 0.465 e. The Hall–Kier alpha value is -1.74. The van der Waals surface area contributed by atoms with E-state index >= 15 is 0 Å². The normalized spacial score (nSPS) is 51.0. The molecule has 0 radical (unpaired) electrons. The summed E-state index contributed by atoms with van der Waals surface area (Å²) in [5.74, 6) is -0.435. The molecule has 6 rings (SSSR count). The van der Waals surface area contributed by atoms with Gasteiger partial charge in [0.2, 0.25) is 0 Å². The third-order valence-corrected chi connectivity index (χ3v) is 10.5. The van der Waals surface area contributed by atoms with Crippen molar-refractivity contribution in [2.24, 2.45) is 22.7 Å². The van der Waals surface area contributed by atoms with Gasteiger partial charge in [0.25, 0.3) is 0 Å². The lowest BCUT2D eigenvalue weighted by molar-refractivity contribution is -0.246. The summed E-state index contributed by atoms with van der Waals surface area (Å²) in [6.45, 7) is 3.71. The summed E-state index contributed by atoms with van der Waals surface area (Å²) in [6.07, 6.45) is 4.13. The van der Waals surface area contributed by atoms with Gasteiger partial charge >= 0.3 is 11.6 Å². The van der Waals surface area contributed by atoms with Gasteiger partial charge in [-0.05, 0) is 62.0 Å². The van der Waals surface area contributed by atoms with E-state index < -0.39 is 34.5 Å². The number of epoxide rings is 1. The number of carbonyl (C=O) groups excluding carboxylic acids is 1. The molecule has 8 nitrogen and oxygen atoms in total. The summed E-state index contributed by atoms with van der Waals surface area (Å²) in [5.41, 5.74) is -2.24. The predicted octanol–water partition coefficient (Wildman–Crippen LogP) is 1.89. The van der Waals surface area contributed by atoms with E-state index in [0.29, 0.717) is 25.7 Å². The lowest BCUT2D eigenvalue weighted by Crippen LogP contribution is -2.67. The van der Waals surface area contributed by atoms with Gasteiger partial charge < -0.3 is 29.2 Å². The molecule has 0 amide bonds. The molecule has 34 heavy (non-hydrogen) atoms. The van der Waals surface area contributed by atoms with E-state index in [9.17, 15) is 24.9 Å². The Morgan fingerprint density at radius 3 is 2.62 bits per heavy atom. The molecule has 5 aliphatic rings. The summed E-state index contributed by atoms with van der Waals surface area (Å²) >= 11 is 0. The Bertz CT molecular complexity index is 1050. The molecule has 1 aromatic heterocycles. The van der Waals surface area contributed by atoms with E-state index in [1.54, 1.807) is 6.07 Å². The second-order valence-corrected chi connectivity index (χ2v) is 11.8. The monoisotopic (exact) mass is 474 g/mol. The van der Waals surface area contributed by atoms with Crippen LogP contribution < -0.4 is 5.63 Å². The van der Waals surface area contributed by atoms with Gasteiger partial charge in [-0.2, -0.15) is 0 Å². The zero-order chi connectivity index (χ0) is 24.1. The number of aliphatic hydroxyl groups is 3. The summed E-state index contributed by atoms with van der Waals surface area (Å²) in [4.78, 5) is 23.4. The molecular formula is C26H34O8. The van der Waals surface area contributed by atoms with Crippen LogP contribution in [0.2, 0.25) is 0 Å². The zero-order valence-corrected chi connectivity index (χ0v) is 19.7. The van der Waals surface area contributed by atoms with Crippen LogP contribution >= 0.6 is 0 Å². The second-order valence-electron chi connectivity index (χ2n) is 11.8. The topological polar surface area (TPSA) is 130 Å². The Labute approximate surface area is 198 Å². The van der Waals surface area contributed by atoms with Crippen LogP contribution in [-0.2, 0) is 14.3 Å². The van der Waals surface area contributed by atoms with Crippen molar-refractivity contribution in [1.82, 2.24) is 0 Å². The molecule has 4 aliphatic carbocycles. The first-order valence-electron chi connectivity index (χ1n) is 12.6. The Morgan fingerprint density at radius 1 is 1.15 bits per heavy atom. The van der Waals surface area contributed by atoms with Crippen LogP contribution in [0.1, 0.15) is 70.3 Å². The summed E-state index contributed by atoms with van der Waals surface area (Å²) in [6, 6.07) is 3.15. The van der Waals surface area contributed by atoms with Crippen LogP contribution in [0.3, 0.4) is 0 Å². The van der Waals surface area contributed by atoms with Gasteiger partial charge in [0.15, 0.2) is 0 Å². The number of carbonyl (C=O) groups is 1. The Morgan fingerprint density at radius 2 is 1.91 bits per heavy atom. The van der Waals surface area contributed by atoms with Crippen molar-refractivity contribution >= 4 is 5.97 Å². The lowest BCUT2D eigenvalue weighted by atomic mass is 9.42. The van der Waals surface area contributed by atoms with Crippen LogP contribution in [-0.4, -0.2) is 57.4 Å². The van der Waals surface area contributed by atoms with Gasteiger partial charge in [-0.25, -0.2) is 4.79 Å². The first kappa shape index (κ1) is 22.7. The van der Waals surface area contributed by atoms with E-state index in [4.69, 9.17) is 13.9 Å². The van der Waals surface area contributed by atoms with Crippen LogP contribution in [0.15, 0.2) is 27.6 Å². The second kappa shape index (κ2) is 7.15. The average molecular weight is 475 g/mol. The first-order chi connectivity index (χ1) is 16.1. The average Bonchev–Trinajstić information content (AvgIpc) is 3.49. The van der Waals surface area contributed by atoms with Gasteiger partial charge in [-0.1, -0.05) is 6.92 Å². The molecule has 5 fully saturated rings. The quantitative estimate of drug-likeness (QED) is 0.447. The standard InChI is InChI=1S/C26H34O8/c1-14(27)33-13-24-9-5-16(28)11-25(24,31)10-7-18-17(24)6-8-23(2)20(15-3-4-19(29)32-12-15)21(30)22-26(18,23)34-22/h3-4,12,16-18,20-22,28,30-31H,5-11,13H2,1-2H3/t16-,17+,18-,20+,21+,22+,23-,24-,25-,26-/m1/s1. The maximum absolute atomic E-state index is 11.9. The highest BCUT2D eigenvalue weighted by atomic mass is 16.6. The van der Waals surface area contributed by atoms with Gasteiger partial charge in [-0.15, -0.1) is 0 Å². The number of ether oxygens (including phenoxy) is 2. The van der Waals surface area contributed by atoms with Crippen molar-refractivity contribution in [3.63, 3.8) is 0 Å². The minimum atomic E-state index is -1.10. The third-order valence-electron chi connectivity index (χ3n) is 10.5. The third kappa shape index (κ3) is 2.68. The van der Waals surface area contributed by atoms with Crippen molar-refractivity contribution in [3.8, 4) is 0 Å². The smallest absolute Gasteiger partial charge is 0.335 e. The van der Waals surface area contributed by atoms with Gasteiger partial charge in [0, 0.05) is 36.2 Å². The summed E-state index contributed by atoms with van der Waals surface area (Å²) in [7, 11) is 0. The van der Waals surface area contributed by atoms with Crippen LogP contribution in [0.4, 0.5) is 0 Å². The van der Waals surface area contributed by atoms with Crippen molar-refractivity contribution in [3.05, 3.63) is 34.4 Å². The number of esters is 1. The maximum Gasteiger partial charge on any atom is 0.335 e. The molecule has 1 spiro atoms. The number of hydrogen-bond donors (Lipinski definition) is 3. The molecular weight excluding hydrogens is 440 g/mol. The molecule has 10 atom stereocenters. The SMILES string of the molecule is CC(=O)OC[C@@]12CC[C@@H](O)C[C@]1(O)CC[C@@H]1[C@@H]2CC[C@]2(C)[C@@H](c3ccc(=O)oc3)[C@H](O)[C@@H]3O[C@]132. The van der Waals surface area contributed by atoms with Crippen LogP contribution in [0.5, 0.6) is 0 Å². The molecule has 0 aromatic carbocycles. The highest BCUT2D eigenvalue weighted by molar-refractivity contribution is 5.66. The highest BCUT2D eigenvalue weighted by Gasteiger charge is 2.84. The minimum absolute atomic E-state index is 0.0517. The molecule has 3 N–H and O–H groups in total. The molecule has 4 saturated carbocycles. The van der Waals surface area contributed by atoms with E-state index in [1.165, 1.54) is 19.3 Å². The van der Waals surface area contributed by atoms with E-state index in [-0.39, 0.29) is 41.8 Å². The highest BCUT2D eigenvalue weighted by Crippen LogP contribution is 2.78. The van der Waals surface area contributed by atoms with Gasteiger partial charge in [0.05, 0.1) is 30.7 Å². The Balaban J connectivity index is 1.40. The number of fused-ring (bicyclic) bond motifs is 3. The van der Waals surface area contributed by atoms with Crippen molar-refractivity contribution in [2.75, 3.05) is 6.61 Å². The summed E-state index contributed by atoms with van der Waals surface area (Å²) in [5, 5.41) is 33.7. The fraction of sp³-hybridized carbons (Fsp3) is 0.769. The van der Waals surface area contributed by atoms with Crippen LogP contribution in [0, 0.1) is 22.7 Å². The van der Waals surface area contributed by atoms with Crippen molar-refractivity contribution in [1.29, 1.82) is 0 Å². The predicted molar refractivity (Wildman–Crippen MR) is 119 cm³/mol. The number of rotatable bonds is 3. The Kier molecular flexibility index (Phi) is 4.78. The fourth-order valence-corrected chi connectivity index (χ4v) is 9.14. The van der Waals surface area contributed by atoms with E-state index in [1.807, 2.05) is 0 Å². The van der Waals surface area contributed by atoms with Gasteiger partial charge in [-0.3, -0.25) is 4.79 Å². The van der Waals surface area contributed by atoms with Crippen molar-refractivity contribution in [2.45, 2.75) is 94.2 Å². The van der Waals surface area contributed by atoms with Crippen LogP contribution in [0.25, 0.3) is 0 Å². The van der Waals surface area contributed by atoms with E-state index in [0.717, 1.165) is 24.8 Å². The summed E-state index contributed by atoms with van der Waals surface area (Å²) < 4.78 is 17.2. The zero-order valence-electron chi connectivity index (χ0n) is 19.7. The molecule has 186 valence electrons. The molecule has 2 heterocycles. The van der Waals surface area contributed by atoms with Crippen molar-refractivity contribution < 1.29 is 34.0 Å². The van der Waals surface area contributed by atoms with Gasteiger partial charge in [0.1, 0.15) is 11.7 Å². The molecule has 0 unspecified atom stereocenters. The fourth-order valence-electron chi connectivity index (χ4n) is 9.14. The minimum Gasteiger partial charge on any atom is -0.465 e. The molecule has 0 bridgehead atoms. The number of hydrogen-bond acceptors (Lipinski definition) is 8. The molecule has 1 aromatic rings. The molecule has 1 aliphatic heterocycles. The molecule has 8 heteroatoms. The lowest BCUT2D eigenvalue weighted by Gasteiger charge is -2.64.